The lowest BCUT2D eigenvalue weighted by molar-refractivity contribution is -0.143. The average molecular weight is 485 g/mol. The molecule has 8 rings (SSSR count). The fourth-order valence-corrected chi connectivity index (χ4v) is 6.69. The zero-order valence-corrected chi connectivity index (χ0v) is 20.0. The van der Waals surface area contributed by atoms with E-state index in [4.69, 9.17) is 0 Å². The maximum absolute atomic E-state index is 13.9. The Hall–Kier alpha value is -4.51. The lowest BCUT2D eigenvalue weighted by Gasteiger charge is -2.45. The number of likely N-dealkylation sites (tertiary alicyclic amines) is 1. The Morgan fingerprint density at radius 2 is 0.919 bits per heavy atom. The molecule has 0 saturated carbocycles. The Morgan fingerprint density at radius 3 is 1.30 bits per heavy atom. The number of rotatable bonds is 4. The van der Waals surface area contributed by atoms with Crippen LogP contribution in [0.4, 0.5) is 11.4 Å². The smallest absolute Gasteiger partial charge is 0.251 e. The molecule has 2 bridgehead atoms. The van der Waals surface area contributed by atoms with Gasteiger partial charge in [0, 0.05) is 23.2 Å². The van der Waals surface area contributed by atoms with Crippen LogP contribution in [0.15, 0.2) is 109 Å². The van der Waals surface area contributed by atoms with Crippen LogP contribution in [0, 0.1) is 11.8 Å². The summed E-state index contributed by atoms with van der Waals surface area (Å²) in [6, 6.07) is 35.0. The first-order valence-corrected chi connectivity index (χ1v) is 12.6. The van der Waals surface area contributed by atoms with Gasteiger partial charge in [-0.1, -0.05) is 84.9 Å². The largest absolute Gasteiger partial charge is 0.280 e. The summed E-state index contributed by atoms with van der Waals surface area (Å²) in [5.74, 6) is -2.16. The Labute approximate surface area is 215 Å². The summed E-state index contributed by atoms with van der Waals surface area (Å²) in [5.41, 5.74) is 5.87. The van der Waals surface area contributed by atoms with Gasteiger partial charge in [-0.05, 0) is 46.5 Å². The molecule has 4 aliphatic rings. The van der Waals surface area contributed by atoms with Gasteiger partial charge in [0.2, 0.25) is 11.8 Å². The van der Waals surface area contributed by atoms with Gasteiger partial charge in [-0.25, -0.2) is 0 Å². The number of anilines is 2. The lowest BCUT2D eigenvalue weighted by atomic mass is 9.55. The van der Waals surface area contributed by atoms with Gasteiger partial charge in [0.25, 0.3) is 5.91 Å². The quantitative estimate of drug-likeness (QED) is 0.372. The highest BCUT2D eigenvalue weighted by atomic mass is 16.2. The standard InChI is InChI=1S/C32H24N2O3/c35-26(34(20-11-3-1-4-12-20)21-13-5-2-6-14-21)19-33-31(36)29-27-22-15-7-8-16-23(22)28(30(29)32(33)37)25-18-10-9-17-24(25)27/h1-18,27-30H,19H2/t27?,28?,29-,30+. The fraction of sp³-hybridized carbons (Fsp3) is 0.156. The number of hydrogen-bond donors (Lipinski definition) is 0. The molecule has 37 heavy (non-hydrogen) atoms. The molecular weight excluding hydrogens is 460 g/mol. The van der Waals surface area contributed by atoms with Gasteiger partial charge in [-0.3, -0.25) is 24.2 Å². The molecular formula is C32H24N2O3. The highest BCUT2D eigenvalue weighted by Gasteiger charge is 2.61. The normalized spacial score (nSPS) is 22.9. The molecule has 0 aromatic heterocycles. The van der Waals surface area contributed by atoms with Crippen LogP contribution in [0.25, 0.3) is 0 Å². The Morgan fingerprint density at radius 1 is 0.568 bits per heavy atom. The van der Waals surface area contributed by atoms with Crippen molar-refractivity contribution in [1.82, 2.24) is 4.90 Å². The van der Waals surface area contributed by atoms with Crippen LogP contribution in [0.1, 0.15) is 34.1 Å². The molecule has 0 N–H and O–H groups in total. The first kappa shape index (κ1) is 21.7. The van der Waals surface area contributed by atoms with E-state index < -0.39 is 11.8 Å². The summed E-state index contributed by atoms with van der Waals surface area (Å²) in [5, 5.41) is 0. The van der Waals surface area contributed by atoms with Crippen molar-refractivity contribution in [2.75, 3.05) is 11.4 Å². The molecule has 2 atom stereocenters. The molecule has 1 fully saturated rings. The topological polar surface area (TPSA) is 57.7 Å². The Bertz CT molecular complexity index is 1390. The van der Waals surface area contributed by atoms with Crippen molar-refractivity contribution in [2.24, 2.45) is 11.8 Å². The van der Waals surface area contributed by atoms with Crippen LogP contribution >= 0.6 is 0 Å². The molecule has 1 saturated heterocycles. The molecule has 5 nitrogen and oxygen atoms in total. The van der Waals surface area contributed by atoms with E-state index in [0.29, 0.717) is 11.4 Å². The van der Waals surface area contributed by atoms with E-state index in [1.165, 1.54) is 4.90 Å². The van der Waals surface area contributed by atoms with Gasteiger partial charge in [-0.2, -0.15) is 0 Å². The Kier molecular flexibility index (Phi) is 4.86. The number of benzene rings is 4. The summed E-state index contributed by atoms with van der Waals surface area (Å²) in [6.07, 6.45) is 0. The van der Waals surface area contributed by atoms with Crippen LogP contribution < -0.4 is 4.90 Å². The highest BCUT2D eigenvalue weighted by Crippen LogP contribution is 2.60. The zero-order valence-electron chi connectivity index (χ0n) is 20.0. The molecule has 0 unspecified atom stereocenters. The number of hydrogen-bond acceptors (Lipinski definition) is 3. The zero-order chi connectivity index (χ0) is 25.1. The van der Waals surface area contributed by atoms with Crippen molar-refractivity contribution in [1.29, 1.82) is 0 Å². The summed E-state index contributed by atoms with van der Waals surface area (Å²) in [6.45, 7) is -0.291. The molecule has 0 spiro atoms. The molecule has 1 aliphatic heterocycles. The maximum Gasteiger partial charge on any atom is 0.251 e. The van der Waals surface area contributed by atoms with Crippen molar-refractivity contribution < 1.29 is 14.4 Å². The van der Waals surface area contributed by atoms with Crippen LogP contribution in [0.2, 0.25) is 0 Å². The number of nitrogens with zero attached hydrogens (tertiary/aromatic N) is 2. The second kappa shape index (κ2) is 8.27. The van der Waals surface area contributed by atoms with E-state index in [1.807, 2.05) is 84.9 Å². The second-order valence-corrected chi connectivity index (χ2v) is 9.93. The van der Waals surface area contributed by atoms with E-state index in [0.717, 1.165) is 22.3 Å². The number of carbonyl (C=O) groups excluding carboxylic acids is 3. The molecule has 4 aromatic carbocycles. The molecule has 3 aliphatic carbocycles. The van der Waals surface area contributed by atoms with Crippen LogP contribution in [-0.2, 0) is 14.4 Å². The predicted molar refractivity (Wildman–Crippen MR) is 140 cm³/mol. The fourth-order valence-electron chi connectivity index (χ4n) is 6.69. The number of para-hydroxylation sites is 2. The monoisotopic (exact) mass is 484 g/mol. The molecule has 180 valence electrons. The summed E-state index contributed by atoms with van der Waals surface area (Å²) < 4.78 is 0. The van der Waals surface area contributed by atoms with Crippen molar-refractivity contribution in [3.05, 3.63) is 131 Å². The van der Waals surface area contributed by atoms with Crippen LogP contribution in [0.5, 0.6) is 0 Å². The van der Waals surface area contributed by atoms with Gasteiger partial charge < -0.3 is 0 Å². The van der Waals surface area contributed by atoms with Gasteiger partial charge in [0.15, 0.2) is 0 Å². The molecule has 4 aromatic rings. The van der Waals surface area contributed by atoms with E-state index >= 15 is 0 Å². The first-order chi connectivity index (χ1) is 18.1. The number of amides is 3. The summed E-state index contributed by atoms with van der Waals surface area (Å²) >= 11 is 0. The summed E-state index contributed by atoms with van der Waals surface area (Å²) in [7, 11) is 0. The van der Waals surface area contributed by atoms with Gasteiger partial charge >= 0.3 is 0 Å². The highest BCUT2D eigenvalue weighted by molar-refractivity contribution is 6.12. The minimum atomic E-state index is -0.489. The first-order valence-electron chi connectivity index (χ1n) is 12.6. The molecule has 0 radical (unpaired) electrons. The van der Waals surface area contributed by atoms with Crippen LogP contribution in [0.3, 0.4) is 0 Å². The third kappa shape index (κ3) is 3.13. The minimum absolute atomic E-state index is 0.182. The summed E-state index contributed by atoms with van der Waals surface area (Å²) in [4.78, 5) is 44.4. The molecule has 1 heterocycles. The van der Waals surface area contributed by atoms with Crippen LogP contribution in [-0.4, -0.2) is 29.2 Å². The third-order valence-electron chi connectivity index (χ3n) is 8.11. The third-order valence-corrected chi connectivity index (χ3v) is 8.11. The average Bonchev–Trinajstić information content (AvgIpc) is 3.20. The molecule has 3 amide bonds. The predicted octanol–water partition coefficient (Wildman–Crippen LogP) is 5.24. The van der Waals surface area contributed by atoms with E-state index in [-0.39, 0.29) is 36.1 Å². The lowest BCUT2D eigenvalue weighted by Crippen LogP contribution is -2.41. The van der Waals surface area contributed by atoms with Gasteiger partial charge in [0.1, 0.15) is 6.54 Å². The molecule has 5 heteroatoms. The number of imide groups is 1. The van der Waals surface area contributed by atoms with Crippen molar-refractivity contribution in [3.8, 4) is 0 Å². The van der Waals surface area contributed by atoms with E-state index in [1.54, 1.807) is 4.90 Å². The minimum Gasteiger partial charge on any atom is -0.280 e. The SMILES string of the molecule is O=C1[C@@H]2C3c4ccccc4C(c4ccccc43)[C@@H]2C(=O)N1CC(=O)N(c1ccccc1)c1ccccc1. The maximum atomic E-state index is 13.9. The van der Waals surface area contributed by atoms with Crippen molar-refractivity contribution >= 4 is 29.1 Å². The second-order valence-electron chi connectivity index (χ2n) is 9.93. The van der Waals surface area contributed by atoms with E-state index in [9.17, 15) is 14.4 Å². The van der Waals surface area contributed by atoms with Crippen molar-refractivity contribution in [3.63, 3.8) is 0 Å². The van der Waals surface area contributed by atoms with Crippen molar-refractivity contribution in [2.45, 2.75) is 11.8 Å². The van der Waals surface area contributed by atoms with E-state index in [2.05, 4.69) is 24.3 Å². The van der Waals surface area contributed by atoms with Gasteiger partial charge in [-0.15, -0.1) is 0 Å². The Balaban J connectivity index is 1.27. The number of carbonyl (C=O) groups is 3. The van der Waals surface area contributed by atoms with Gasteiger partial charge in [0.05, 0.1) is 11.8 Å².